The van der Waals surface area contributed by atoms with Crippen LogP contribution in [0.5, 0.6) is 0 Å². The molecule has 0 aromatic rings. The summed E-state index contributed by atoms with van der Waals surface area (Å²) in [6.45, 7) is 12.1. The van der Waals surface area contributed by atoms with E-state index in [1.54, 1.807) is 0 Å². The number of carbonyl (C=O) groups is 1. The number of nitrogens with one attached hydrogen (secondary N) is 1. The maximum Gasteiger partial charge on any atom is 0.410 e. The molecule has 2 heterocycles. The Morgan fingerprint density at radius 3 is 2.67 bits per heavy atom. The highest BCUT2D eigenvalue weighted by Crippen LogP contribution is 2.44. The fraction of sp³-hybridized carbons (Fsp3) is 0.955. The SMILES string of the molecule is C[C@@H]1C[C@H](CC2CCCCN2)[C@H]2CCCN(C(=O)OCC[Si](C)(C)C)[C@H]2C1. The van der Waals surface area contributed by atoms with E-state index >= 15 is 0 Å². The topological polar surface area (TPSA) is 41.6 Å². The van der Waals surface area contributed by atoms with Gasteiger partial charge in [0.2, 0.25) is 0 Å². The number of piperidine rings is 2. The number of ether oxygens (including phenoxy) is 1. The summed E-state index contributed by atoms with van der Waals surface area (Å²) in [4.78, 5) is 15.0. The molecule has 1 N–H and O–H groups in total. The third kappa shape index (κ3) is 5.96. The molecule has 0 bridgehead atoms. The highest BCUT2D eigenvalue weighted by molar-refractivity contribution is 6.76. The molecule has 156 valence electrons. The summed E-state index contributed by atoms with van der Waals surface area (Å²) in [5.74, 6) is 2.17. The fourth-order valence-electron chi connectivity index (χ4n) is 5.65. The van der Waals surface area contributed by atoms with Crippen LogP contribution in [0, 0.1) is 17.8 Å². The lowest BCUT2D eigenvalue weighted by Crippen LogP contribution is -2.54. The minimum Gasteiger partial charge on any atom is -0.450 e. The van der Waals surface area contributed by atoms with E-state index in [4.69, 9.17) is 4.74 Å². The predicted octanol–water partition coefficient (Wildman–Crippen LogP) is 5.12. The quantitative estimate of drug-likeness (QED) is 0.658. The van der Waals surface area contributed by atoms with Crippen molar-refractivity contribution in [3.05, 3.63) is 0 Å². The van der Waals surface area contributed by atoms with Crippen molar-refractivity contribution in [1.29, 1.82) is 0 Å². The summed E-state index contributed by atoms with van der Waals surface area (Å²) in [6.07, 6.45) is 10.3. The Kier molecular flexibility index (Phi) is 7.29. The number of hydrogen-bond donors (Lipinski definition) is 1. The first kappa shape index (κ1) is 21.2. The van der Waals surface area contributed by atoms with E-state index in [0.29, 0.717) is 24.6 Å². The molecule has 1 amide bonds. The zero-order chi connectivity index (χ0) is 19.4. The van der Waals surface area contributed by atoms with Crippen LogP contribution in [-0.2, 0) is 4.74 Å². The van der Waals surface area contributed by atoms with Crippen LogP contribution < -0.4 is 5.32 Å². The molecule has 0 aromatic carbocycles. The first-order valence-corrected chi connectivity index (χ1v) is 15.2. The number of likely N-dealkylation sites (tertiary alicyclic amines) is 1. The summed E-state index contributed by atoms with van der Waals surface area (Å²) >= 11 is 0. The standard InChI is InChI=1S/C22H42N2O2Si/c1-17-14-18(16-19-8-5-6-10-23-19)20-9-7-11-24(21(20)15-17)22(25)26-12-13-27(2,3)4/h17-21,23H,5-16H2,1-4H3/t17-,18-,19?,20-,21+/m1/s1. The minimum absolute atomic E-state index is 0.0356. The van der Waals surface area contributed by atoms with Gasteiger partial charge in [0, 0.05) is 26.7 Å². The van der Waals surface area contributed by atoms with Crippen molar-refractivity contribution in [2.75, 3.05) is 19.7 Å². The molecule has 1 saturated carbocycles. The van der Waals surface area contributed by atoms with Crippen molar-refractivity contribution in [1.82, 2.24) is 10.2 Å². The van der Waals surface area contributed by atoms with E-state index in [1.807, 2.05) is 0 Å². The third-order valence-electron chi connectivity index (χ3n) is 7.10. The molecule has 3 rings (SSSR count). The normalized spacial score (nSPS) is 34.8. The second-order valence-corrected chi connectivity index (χ2v) is 16.3. The highest BCUT2D eigenvalue weighted by Gasteiger charge is 2.43. The van der Waals surface area contributed by atoms with Crippen molar-refractivity contribution in [2.45, 2.75) is 96.1 Å². The van der Waals surface area contributed by atoms with Crippen molar-refractivity contribution >= 4 is 14.2 Å². The van der Waals surface area contributed by atoms with E-state index in [2.05, 4.69) is 36.8 Å². The Balaban J connectivity index is 1.60. The van der Waals surface area contributed by atoms with Gasteiger partial charge < -0.3 is 15.0 Å². The van der Waals surface area contributed by atoms with Gasteiger partial charge >= 0.3 is 6.09 Å². The Hall–Kier alpha value is -0.553. The Bertz CT molecular complexity index is 487. The Labute approximate surface area is 167 Å². The second kappa shape index (κ2) is 9.30. The number of hydrogen-bond acceptors (Lipinski definition) is 3. The lowest BCUT2D eigenvalue weighted by molar-refractivity contribution is -0.00161. The van der Waals surface area contributed by atoms with Gasteiger partial charge in [-0.25, -0.2) is 4.79 Å². The van der Waals surface area contributed by atoms with Crippen molar-refractivity contribution in [3.63, 3.8) is 0 Å². The molecule has 0 aromatic heterocycles. The number of rotatable bonds is 5. The molecular weight excluding hydrogens is 352 g/mol. The molecule has 2 saturated heterocycles. The van der Waals surface area contributed by atoms with Crippen molar-refractivity contribution in [3.8, 4) is 0 Å². The van der Waals surface area contributed by atoms with Gasteiger partial charge in [-0.05, 0) is 75.3 Å². The van der Waals surface area contributed by atoms with Gasteiger partial charge in [-0.2, -0.15) is 0 Å². The maximum absolute atomic E-state index is 12.8. The Morgan fingerprint density at radius 1 is 1.15 bits per heavy atom. The molecule has 1 unspecified atom stereocenters. The second-order valence-electron chi connectivity index (χ2n) is 10.7. The van der Waals surface area contributed by atoms with Gasteiger partial charge in [0.15, 0.2) is 0 Å². The predicted molar refractivity (Wildman–Crippen MR) is 115 cm³/mol. The number of carbonyl (C=O) groups excluding carboxylic acids is 1. The first-order chi connectivity index (χ1) is 12.8. The average Bonchev–Trinajstić information content (AvgIpc) is 2.61. The van der Waals surface area contributed by atoms with Gasteiger partial charge in [0.05, 0.1) is 6.61 Å². The van der Waals surface area contributed by atoms with E-state index in [1.165, 1.54) is 51.5 Å². The summed E-state index contributed by atoms with van der Waals surface area (Å²) in [6, 6.07) is 2.18. The summed E-state index contributed by atoms with van der Waals surface area (Å²) in [5.41, 5.74) is 0. The minimum atomic E-state index is -1.16. The molecule has 0 spiro atoms. The molecule has 3 aliphatic rings. The van der Waals surface area contributed by atoms with Crippen LogP contribution in [0.2, 0.25) is 25.7 Å². The zero-order valence-electron chi connectivity index (χ0n) is 18.1. The van der Waals surface area contributed by atoms with Gasteiger partial charge in [0.1, 0.15) is 0 Å². The smallest absolute Gasteiger partial charge is 0.410 e. The van der Waals surface area contributed by atoms with E-state index in [0.717, 1.165) is 30.8 Å². The van der Waals surface area contributed by atoms with Crippen molar-refractivity contribution < 1.29 is 9.53 Å². The van der Waals surface area contributed by atoms with Gasteiger partial charge in [-0.15, -0.1) is 0 Å². The maximum atomic E-state index is 12.8. The summed E-state index contributed by atoms with van der Waals surface area (Å²) in [7, 11) is -1.16. The molecule has 3 fully saturated rings. The lowest BCUT2D eigenvalue weighted by Gasteiger charge is -2.49. The lowest BCUT2D eigenvalue weighted by atomic mass is 9.66. The average molecular weight is 395 g/mol. The molecule has 5 atom stereocenters. The first-order valence-electron chi connectivity index (χ1n) is 11.5. The molecule has 1 aliphatic carbocycles. The van der Waals surface area contributed by atoms with Crippen LogP contribution >= 0.6 is 0 Å². The highest BCUT2D eigenvalue weighted by atomic mass is 28.3. The molecule has 5 heteroatoms. The van der Waals surface area contributed by atoms with Crippen molar-refractivity contribution in [2.24, 2.45) is 17.8 Å². The molecular formula is C22H42N2O2Si. The zero-order valence-corrected chi connectivity index (χ0v) is 19.1. The number of amides is 1. The molecule has 0 radical (unpaired) electrons. The Morgan fingerprint density at radius 2 is 1.96 bits per heavy atom. The monoisotopic (exact) mass is 394 g/mol. The van der Waals surface area contributed by atoms with Gasteiger partial charge in [-0.3, -0.25) is 0 Å². The number of fused-ring (bicyclic) bond motifs is 1. The largest absolute Gasteiger partial charge is 0.450 e. The third-order valence-corrected chi connectivity index (χ3v) is 8.80. The van der Waals surface area contributed by atoms with E-state index < -0.39 is 8.07 Å². The molecule has 4 nitrogen and oxygen atoms in total. The van der Waals surface area contributed by atoms with Crippen LogP contribution in [-0.4, -0.2) is 50.8 Å². The van der Waals surface area contributed by atoms with E-state index in [-0.39, 0.29) is 6.09 Å². The van der Waals surface area contributed by atoms with Gasteiger partial charge in [-0.1, -0.05) is 33.0 Å². The van der Waals surface area contributed by atoms with Crippen LogP contribution in [0.4, 0.5) is 4.79 Å². The molecule has 2 aliphatic heterocycles. The summed E-state index contributed by atoms with van der Waals surface area (Å²) in [5, 5.41) is 3.75. The van der Waals surface area contributed by atoms with Crippen LogP contribution in [0.1, 0.15) is 58.3 Å². The van der Waals surface area contributed by atoms with Crippen LogP contribution in [0.15, 0.2) is 0 Å². The number of nitrogens with zero attached hydrogens (tertiary/aromatic N) is 1. The molecule has 27 heavy (non-hydrogen) atoms. The van der Waals surface area contributed by atoms with Crippen LogP contribution in [0.25, 0.3) is 0 Å². The van der Waals surface area contributed by atoms with Crippen LogP contribution in [0.3, 0.4) is 0 Å². The summed E-state index contributed by atoms with van der Waals surface area (Å²) < 4.78 is 5.74. The van der Waals surface area contributed by atoms with E-state index in [9.17, 15) is 4.79 Å². The fourth-order valence-corrected chi connectivity index (χ4v) is 6.37. The van der Waals surface area contributed by atoms with Gasteiger partial charge in [0.25, 0.3) is 0 Å².